The van der Waals surface area contributed by atoms with Crippen molar-refractivity contribution >= 4 is 5.91 Å². The van der Waals surface area contributed by atoms with E-state index in [2.05, 4.69) is 17.6 Å². The van der Waals surface area contributed by atoms with Crippen molar-refractivity contribution in [2.75, 3.05) is 19.6 Å². The van der Waals surface area contributed by atoms with Gasteiger partial charge in [-0.3, -0.25) is 4.79 Å². The molecule has 0 aromatic heterocycles. The molecule has 1 saturated heterocycles. The van der Waals surface area contributed by atoms with Gasteiger partial charge in [0.25, 0.3) is 0 Å². The minimum Gasteiger partial charge on any atom is -0.342 e. The van der Waals surface area contributed by atoms with Crippen molar-refractivity contribution in [2.24, 2.45) is 0 Å². The van der Waals surface area contributed by atoms with Gasteiger partial charge in [-0.25, -0.2) is 0 Å². The summed E-state index contributed by atoms with van der Waals surface area (Å²) in [6.45, 7) is 11.0. The first kappa shape index (κ1) is 17.4. The summed E-state index contributed by atoms with van der Waals surface area (Å²) in [5, 5.41) is 7.09. The van der Waals surface area contributed by atoms with E-state index >= 15 is 0 Å². The minimum atomic E-state index is -0.0873. The van der Waals surface area contributed by atoms with E-state index in [0.717, 1.165) is 26.1 Å². The van der Waals surface area contributed by atoms with Crippen LogP contribution in [0.5, 0.6) is 0 Å². The molecule has 0 saturated carbocycles. The topological polar surface area (TPSA) is 44.4 Å². The van der Waals surface area contributed by atoms with Gasteiger partial charge in [-0.15, -0.1) is 0 Å². The van der Waals surface area contributed by atoms with Crippen LogP contribution in [0, 0.1) is 0 Å². The number of rotatable bonds is 7. The maximum Gasteiger partial charge on any atom is 0.239 e. The highest BCUT2D eigenvalue weighted by Gasteiger charge is 2.21. The molecule has 20 heavy (non-hydrogen) atoms. The van der Waals surface area contributed by atoms with Crippen molar-refractivity contribution in [2.45, 2.75) is 77.9 Å². The lowest BCUT2D eigenvalue weighted by atomic mass is 10.0. The van der Waals surface area contributed by atoms with Crippen molar-refractivity contribution in [3.63, 3.8) is 0 Å². The molecule has 0 aliphatic carbocycles. The summed E-state index contributed by atoms with van der Waals surface area (Å²) in [6.07, 6.45) is 6.36. The molecule has 4 nitrogen and oxygen atoms in total. The number of nitrogens with one attached hydrogen (secondary N) is 2. The Bertz CT molecular complexity index is 271. The average molecular weight is 283 g/mol. The molecule has 0 aromatic carbocycles. The summed E-state index contributed by atoms with van der Waals surface area (Å²) in [6, 6.07) is 0.895. The fourth-order valence-corrected chi connectivity index (χ4v) is 3.10. The van der Waals surface area contributed by atoms with E-state index in [0.29, 0.717) is 12.1 Å². The second kappa shape index (κ2) is 9.35. The molecule has 0 bridgehead atoms. The molecule has 0 radical (unpaired) electrons. The molecular weight excluding hydrogens is 250 g/mol. The van der Waals surface area contributed by atoms with Crippen LogP contribution in [0.4, 0.5) is 0 Å². The zero-order chi connectivity index (χ0) is 15.0. The monoisotopic (exact) mass is 283 g/mol. The van der Waals surface area contributed by atoms with Crippen LogP contribution < -0.4 is 10.6 Å². The van der Waals surface area contributed by atoms with Crippen molar-refractivity contribution in [1.29, 1.82) is 0 Å². The Kier molecular flexibility index (Phi) is 8.15. The van der Waals surface area contributed by atoms with Gasteiger partial charge in [0.2, 0.25) is 5.91 Å². The maximum atomic E-state index is 12.2. The van der Waals surface area contributed by atoms with E-state index in [1.807, 2.05) is 25.7 Å². The van der Waals surface area contributed by atoms with Crippen molar-refractivity contribution in [3.8, 4) is 0 Å². The predicted octanol–water partition coefficient (Wildman–Crippen LogP) is 2.14. The van der Waals surface area contributed by atoms with Gasteiger partial charge in [-0.2, -0.15) is 0 Å². The Morgan fingerprint density at radius 1 is 1.25 bits per heavy atom. The third-order valence-corrected chi connectivity index (χ3v) is 4.28. The van der Waals surface area contributed by atoms with Crippen LogP contribution in [-0.2, 0) is 4.79 Å². The normalized spacial score (nSPS) is 22.9. The molecule has 118 valence electrons. The Balaban J connectivity index is 2.36. The van der Waals surface area contributed by atoms with Crippen LogP contribution in [0.2, 0.25) is 0 Å². The van der Waals surface area contributed by atoms with Crippen LogP contribution in [-0.4, -0.2) is 48.6 Å². The van der Waals surface area contributed by atoms with Gasteiger partial charge in [-0.05, 0) is 53.5 Å². The maximum absolute atomic E-state index is 12.2. The lowest BCUT2D eigenvalue weighted by Crippen LogP contribution is -2.49. The second-order valence-electron chi connectivity index (χ2n) is 6.04. The van der Waals surface area contributed by atoms with E-state index in [-0.39, 0.29) is 11.9 Å². The average Bonchev–Trinajstić information content (AvgIpc) is 2.68. The Morgan fingerprint density at radius 3 is 2.60 bits per heavy atom. The van der Waals surface area contributed by atoms with Gasteiger partial charge in [-0.1, -0.05) is 12.8 Å². The molecular formula is C16H33N3O. The second-order valence-corrected chi connectivity index (χ2v) is 6.04. The van der Waals surface area contributed by atoms with E-state index < -0.39 is 0 Å². The van der Waals surface area contributed by atoms with E-state index in [1.54, 1.807) is 0 Å². The third kappa shape index (κ3) is 5.80. The molecule has 0 aromatic rings. The molecule has 0 spiro atoms. The summed E-state index contributed by atoms with van der Waals surface area (Å²) >= 11 is 0. The number of amides is 1. The zero-order valence-corrected chi connectivity index (χ0v) is 13.7. The summed E-state index contributed by atoms with van der Waals surface area (Å²) in [7, 11) is 0. The summed E-state index contributed by atoms with van der Waals surface area (Å²) < 4.78 is 0. The molecule has 4 heteroatoms. The largest absolute Gasteiger partial charge is 0.342 e. The first-order valence-corrected chi connectivity index (χ1v) is 8.36. The van der Waals surface area contributed by atoms with Crippen LogP contribution in [0.3, 0.4) is 0 Å². The standard InChI is InChI=1S/C16H33N3O/c1-5-19(6-2)16(20)14(4)18-13(3)12-15-10-8-7-9-11-17-15/h13-15,17-18H,5-12H2,1-4H3. The number of carbonyl (C=O) groups excluding carboxylic acids is 1. The Morgan fingerprint density at radius 2 is 1.95 bits per heavy atom. The number of likely N-dealkylation sites (N-methyl/N-ethyl adjacent to an activating group) is 1. The minimum absolute atomic E-state index is 0.0873. The summed E-state index contributed by atoms with van der Waals surface area (Å²) in [5.41, 5.74) is 0. The van der Waals surface area contributed by atoms with Crippen LogP contribution in [0.25, 0.3) is 0 Å². The van der Waals surface area contributed by atoms with Crippen LogP contribution in [0.1, 0.15) is 59.8 Å². The highest BCUT2D eigenvalue weighted by atomic mass is 16.2. The summed E-state index contributed by atoms with van der Waals surface area (Å²) in [5.74, 6) is 0.218. The molecule has 1 rings (SSSR count). The Labute approximate surface area is 124 Å². The number of hydrogen-bond acceptors (Lipinski definition) is 3. The quantitative estimate of drug-likeness (QED) is 0.752. The summed E-state index contributed by atoms with van der Waals surface area (Å²) in [4.78, 5) is 14.1. The molecule has 1 fully saturated rings. The number of nitrogens with zero attached hydrogens (tertiary/aromatic N) is 1. The molecule has 3 atom stereocenters. The number of hydrogen-bond donors (Lipinski definition) is 2. The van der Waals surface area contributed by atoms with Crippen molar-refractivity contribution in [1.82, 2.24) is 15.5 Å². The van der Waals surface area contributed by atoms with Gasteiger partial charge in [0.1, 0.15) is 0 Å². The van der Waals surface area contributed by atoms with E-state index in [1.165, 1.54) is 25.7 Å². The molecule has 1 heterocycles. The molecule has 2 N–H and O–H groups in total. The lowest BCUT2D eigenvalue weighted by molar-refractivity contribution is -0.132. The third-order valence-electron chi connectivity index (χ3n) is 4.28. The lowest BCUT2D eigenvalue weighted by Gasteiger charge is -2.27. The van der Waals surface area contributed by atoms with Crippen molar-refractivity contribution in [3.05, 3.63) is 0 Å². The van der Waals surface area contributed by atoms with E-state index in [9.17, 15) is 4.79 Å². The van der Waals surface area contributed by atoms with Gasteiger partial charge < -0.3 is 15.5 Å². The fourth-order valence-electron chi connectivity index (χ4n) is 3.10. The first-order valence-electron chi connectivity index (χ1n) is 8.36. The van der Waals surface area contributed by atoms with E-state index in [4.69, 9.17) is 0 Å². The van der Waals surface area contributed by atoms with Crippen LogP contribution >= 0.6 is 0 Å². The predicted molar refractivity (Wildman–Crippen MR) is 84.9 cm³/mol. The van der Waals surface area contributed by atoms with Gasteiger partial charge in [0, 0.05) is 25.2 Å². The first-order chi connectivity index (χ1) is 9.58. The van der Waals surface area contributed by atoms with Crippen LogP contribution in [0.15, 0.2) is 0 Å². The fraction of sp³-hybridized carbons (Fsp3) is 0.938. The molecule has 3 unspecified atom stereocenters. The molecule has 1 aliphatic rings. The molecule has 1 amide bonds. The molecule has 1 aliphatic heterocycles. The highest BCUT2D eigenvalue weighted by molar-refractivity contribution is 5.81. The number of carbonyl (C=O) groups is 1. The SMILES string of the molecule is CCN(CC)C(=O)C(C)NC(C)CC1CCCCCN1. The van der Waals surface area contributed by atoms with Gasteiger partial charge >= 0.3 is 0 Å². The smallest absolute Gasteiger partial charge is 0.239 e. The zero-order valence-electron chi connectivity index (χ0n) is 13.7. The van der Waals surface area contributed by atoms with Crippen molar-refractivity contribution < 1.29 is 4.79 Å². The Hall–Kier alpha value is -0.610. The highest BCUT2D eigenvalue weighted by Crippen LogP contribution is 2.13. The van der Waals surface area contributed by atoms with Gasteiger partial charge in [0.15, 0.2) is 0 Å². The van der Waals surface area contributed by atoms with Gasteiger partial charge in [0.05, 0.1) is 6.04 Å².